The Hall–Kier alpha value is -3.05. The number of hydrogen-bond acceptors (Lipinski definition) is 2. The second kappa shape index (κ2) is 9.40. The number of nitrogens with one attached hydrogen (secondary N) is 2. The standard InChI is InChI=1S/C26H27FN2OS/c1-17(18-10-14-22(27)15-11-18)28-25(31)29-23-7-5-6-20(16-23)24(30)19-8-12-21(13-9-19)26(2,3)4/h5-17H,1-4H3,(H2,28,29,31). The smallest absolute Gasteiger partial charge is 0.193 e. The normalized spacial score (nSPS) is 12.2. The average Bonchev–Trinajstić information content (AvgIpc) is 2.73. The summed E-state index contributed by atoms with van der Waals surface area (Å²) in [6.45, 7) is 8.38. The molecule has 0 aliphatic carbocycles. The van der Waals surface area contributed by atoms with Gasteiger partial charge >= 0.3 is 0 Å². The molecular weight excluding hydrogens is 407 g/mol. The van der Waals surface area contributed by atoms with Crippen molar-refractivity contribution in [1.82, 2.24) is 5.32 Å². The van der Waals surface area contributed by atoms with E-state index >= 15 is 0 Å². The number of halogens is 1. The van der Waals surface area contributed by atoms with Crippen molar-refractivity contribution in [3.8, 4) is 0 Å². The van der Waals surface area contributed by atoms with Crippen LogP contribution in [0.2, 0.25) is 0 Å². The van der Waals surface area contributed by atoms with Crippen LogP contribution in [0, 0.1) is 5.82 Å². The maximum Gasteiger partial charge on any atom is 0.193 e. The third kappa shape index (κ3) is 5.98. The van der Waals surface area contributed by atoms with Crippen molar-refractivity contribution in [3.05, 3.63) is 101 Å². The lowest BCUT2D eigenvalue weighted by Gasteiger charge is -2.19. The number of anilines is 1. The van der Waals surface area contributed by atoms with Crippen molar-refractivity contribution in [1.29, 1.82) is 0 Å². The number of thiocarbonyl (C=S) groups is 1. The van der Waals surface area contributed by atoms with Crippen molar-refractivity contribution in [2.24, 2.45) is 0 Å². The highest BCUT2D eigenvalue weighted by atomic mass is 32.1. The molecule has 31 heavy (non-hydrogen) atoms. The predicted molar refractivity (Wildman–Crippen MR) is 129 cm³/mol. The second-order valence-electron chi connectivity index (χ2n) is 8.61. The van der Waals surface area contributed by atoms with Crippen molar-refractivity contribution in [3.63, 3.8) is 0 Å². The van der Waals surface area contributed by atoms with Crippen molar-refractivity contribution >= 4 is 28.8 Å². The molecule has 3 nitrogen and oxygen atoms in total. The fraction of sp³-hybridized carbons (Fsp3) is 0.231. The van der Waals surface area contributed by atoms with Crippen LogP contribution in [0.25, 0.3) is 0 Å². The van der Waals surface area contributed by atoms with E-state index in [9.17, 15) is 9.18 Å². The molecule has 0 saturated carbocycles. The molecule has 5 heteroatoms. The van der Waals surface area contributed by atoms with Crippen LogP contribution in [0.1, 0.15) is 60.8 Å². The van der Waals surface area contributed by atoms with E-state index in [2.05, 4.69) is 31.4 Å². The third-order valence-corrected chi connectivity index (χ3v) is 5.33. The summed E-state index contributed by atoms with van der Waals surface area (Å²) < 4.78 is 13.1. The Balaban J connectivity index is 1.67. The predicted octanol–water partition coefficient (Wildman–Crippen LogP) is 6.40. The average molecular weight is 435 g/mol. The summed E-state index contributed by atoms with van der Waals surface area (Å²) in [5.41, 5.74) is 4.11. The highest BCUT2D eigenvalue weighted by Gasteiger charge is 2.15. The van der Waals surface area contributed by atoms with Gasteiger partial charge in [0, 0.05) is 16.8 Å². The Kier molecular flexibility index (Phi) is 6.86. The molecule has 0 bridgehead atoms. The molecule has 2 N–H and O–H groups in total. The number of rotatable bonds is 5. The first-order valence-electron chi connectivity index (χ1n) is 10.2. The van der Waals surface area contributed by atoms with E-state index in [1.807, 2.05) is 43.3 Å². The minimum Gasteiger partial charge on any atom is -0.356 e. The van der Waals surface area contributed by atoms with Gasteiger partial charge in [-0.2, -0.15) is 0 Å². The van der Waals surface area contributed by atoms with Gasteiger partial charge in [0.05, 0.1) is 6.04 Å². The molecule has 0 radical (unpaired) electrons. The van der Waals surface area contributed by atoms with Gasteiger partial charge < -0.3 is 10.6 Å². The van der Waals surface area contributed by atoms with Gasteiger partial charge in [0.25, 0.3) is 0 Å². The number of carbonyl (C=O) groups excluding carboxylic acids is 1. The largest absolute Gasteiger partial charge is 0.356 e. The fourth-order valence-corrected chi connectivity index (χ4v) is 3.52. The summed E-state index contributed by atoms with van der Waals surface area (Å²) >= 11 is 5.41. The molecule has 0 aliphatic rings. The summed E-state index contributed by atoms with van der Waals surface area (Å²) in [5, 5.41) is 6.73. The van der Waals surface area contributed by atoms with Crippen molar-refractivity contribution in [2.45, 2.75) is 39.2 Å². The lowest BCUT2D eigenvalue weighted by atomic mass is 9.86. The first kappa shape index (κ1) is 22.6. The van der Waals surface area contributed by atoms with Gasteiger partial charge in [-0.05, 0) is 59.9 Å². The Morgan fingerprint density at radius 3 is 2.19 bits per heavy atom. The molecule has 3 rings (SSSR count). The first-order valence-corrected chi connectivity index (χ1v) is 10.6. The van der Waals surface area contributed by atoms with Crippen LogP contribution in [0.5, 0.6) is 0 Å². The molecule has 0 spiro atoms. The van der Waals surface area contributed by atoms with E-state index < -0.39 is 0 Å². The second-order valence-corrected chi connectivity index (χ2v) is 9.02. The summed E-state index contributed by atoms with van der Waals surface area (Å²) in [7, 11) is 0. The van der Waals surface area contributed by atoms with Gasteiger partial charge in [-0.3, -0.25) is 4.79 Å². The fourth-order valence-electron chi connectivity index (χ4n) is 3.23. The lowest BCUT2D eigenvalue weighted by Crippen LogP contribution is -2.30. The van der Waals surface area contributed by atoms with Crippen molar-refractivity contribution < 1.29 is 9.18 Å². The summed E-state index contributed by atoms with van der Waals surface area (Å²) in [5.74, 6) is -0.311. The Labute approximate surface area is 188 Å². The van der Waals surface area contributed by atoms with Gasteiger partial charge in [-0.15, -0.1) is 0 Å². The summed E-state index contributed by atoms with van der Waals surface area (Å²) in [6, 6.07) is 21.2. The molecule has 0 amide bonds. The zero-order chi connectivity index (χ0) is 22.6. The maximum atomic E-state index is 13.1. The Morgan fingerprint density at radius 1 is 0.935 bits per heavy atom. The maximum absolute atomic E-state index is 13.1. The molecule has 1 unspecified atom stereocenters. The highest BCUT2D eigenvalue weighted by Crippen LogP contribution is 2.23. The van der Waals surface area contributed by atoms with Crippen LogP contribution in [-0.2, 0) is 5.41 Å². The van der Waals surface area contributed by atoms with Gasteiger partial charge in [-0.25, -0.2) is 4.39 Å². The van der Waals surface area contributed by atoms with E-state index in [1.165, 1.54) is 17.7 Å². The van der Waals surface area contributed by atoms with E-state index in [0.717, 1.165) is 11.3 Å². The lowest BCUT2D eigenvalue weighted by molar-refractivity contribution is 0.103. The number of carbonyl (C=O) groups is 1. The molecule has 0 heterocycles. The molecule has 0 aliphatic heterocycles. The minimum atomic E-state index is -0.272. The molecule has 0 fully saturated rings. The zero-order valence-corrected chi connectivity index (χ0v) is 19.0. The monoisotopic (exact) mass is 434 g/mol. The van der Waals surface area contributed by atoms with E-state index in [4.69, 9.17) is 12.2 Å². The molecule has 0 aromatic heterocycles. The van der Waals surface area contributed by atoms with Gasteiger partial charge in [0.2, 0.25) is 0 Å². The topological polar surface area (TPSA) is 41.1 Å². The van der Waals surface area contributed by atoms with Crippen LogP contribution < -0.4 is 10.6 Å². The van der Waals surface area contributed by atoms with Crippen LogP contribution in [-0.4, -0.2) is 10.9 Å². The highest BCUT2D eigenvalue weighted by molar-refractivity contribution is 7.80. The van der Waals surface area contributed by atoms with E-state index in [-0.39, 0.29) is 23.1 Å². The molecule has 3 aromatic rings. The van der Waals surface area contributed by atoms with Gasteiger partial charge in [-0.1, -0.05) is 69.3 Å². The van der Waals surface area contributed by atoms with Crippen LogP contribution in [0.4, 0.5) is 10.1 Å². The van der Waals surface area contributed by atoms with Gasteiger partial charge in [0.1, 0.15) is 5.82 Å². The Bertz CT molecular complexity index is 1070. The molecule has 3 aromatic carbocycles. The Morgan fingerprint density at radius 2 is 1.58 bits per heavy atom. The number of ketones is 1. The zero-order valence-electron chi connectivity index (χ0n) is 18.2. The van der Waals surface area contributed by atoms with Crippen LogP contribution in [0.3, 0.4) is 0 Å². The van der Waals surface area contributed by atoms with E-state index in [0.29, 0.717) is 16.2 Å². The van der Waals surface area contributed by atoms with Gasteiger partial charge in [0.15, 0.2) is 10.9 Å². The summed E-state index contributed by atoms with van der Waals surface area (Å²) in [4.78, 5) is 12.9. The molecule has 160 valence electrons. The SMILES string of the molecule is CC(NC(=S)Nc1cccc(C(=O)c2ccc(C(C)(C)C)cc2)c1)c1ccc(F)cc1. The summed E-state index contributed by atoms with van der Waals surface area (Å²) in [6.07, 6.45) is 0. The molecule has 1 atom stereocenters. The first-order chi connectivity index (χ1) is 14.6. The van der Waals surface area contributed by atoms with Crippen LogP contribution in [0.15, 0.2) is 72.8 Å². The minimum absolute atomic E-state index is 0.0392. The quantitative estimate of drug-likeness (QED) is 0.360. The van der Waals surface area contributed by atoms with E-state index in [1.54, 1.807) is 24.3 Å². The number of benzene rings is 3. The number of hydrogen-bond donors (Lipinski definition) is 2. The molecular formula is C26H27FN2OS. The van der Waals surface area contributed by atoms with Crippen LogP contribution >= 0.6 is 12.2 Å². The molecule has 0 saturated heterocycles. The van der Waals surface area contributed by atoms with Crippen molar-refractivity contribution in [2.75, 3.05) is 5.32 Å². The third-order valence-electron chi connectivity index (χ3n) is 5.11.